The molecule has 0 saturated heterocycles. The molecule has 0 aromatic heterocycles. The predicted octanol–water partition coefficient (Wildman–Crippen LogP) is 7.38. The second kappa shape index (κ2) is 37.3. The van der Waals surface area contributed by atoms with Crippen LogP contribution in [0.4, 0.5) is 0 Å². The molecule has 0 fully saturated rings. The van der Waals surface area contributed by atoms with E-state index < -0.39 is 0 Å². The van der Waals surface area contributed by atoms with Crippen molar-refractivity contribution >= 4 is 24.0 Å². The molecule has 0 rings (SSSR count). The molecule has 10 nitrogen and oxygen atoms in total. The number of nitrogens with zero attached hydrogens (tertiary/aromatic N) is 4. The lowest BCUT2D eigenvalue weighted by Gasteiger charge is -2.30. The molecular formula is C42H82N4O6. The first-order valence-electron chi connectivity index (χ1n) is 21.6. The first-order chi connectivity index (χ1) is 25.4. The maximum atomic E-state index is 14.0. The summed E-state index contributed by atoms with van der Waals surface area (Å²) in [5, 5.41) is 19.0. The highest BCUT2D eigenvalue weighted by molar-refractivity contribution is 5.89. The van der Waals surface area contributed by atoms with Gasteiger partial charge in [-0.1, -0.05) is 156 Å². The zero-order valence-corrected chi connectivity index (χ0v) is 34.1. The Bertz CT molecular complexity index is 854. The van der Waals surface area contributed by atoms with Crippen LogP contribution in [0.2, 0.25) is 0 Å². The molecule has 52 heavy (non-hydrogen) atoms. The Labute approximate surface area is 319 Å². The molecule has 0 radical (unpaired) electrons. The van der Waals surface area contributed by atoms with Gasteiger partial charge in [-0.25, -0.2) is 0 Å². The molecule has 10 heteroatoms. The number of hydrogen-bond acceptors (Lipinski definition) is 7. The molecule has 306 valence electrons. The van der Waals surface area contributed by atoms with Gasteiger partial charge in [-0.15, -0.1) is 0 Å². The molecule has 0 saturated carbocycles. The summed E-state index contributed by atoms with van der Waals surface area (Å²) in [4.78, 5) is 59.3. The first kappa shape index (κ1) is 50.0. The molecule has 3 amide bonds. The van der Waals surface area contributed by atoms with Gasteiger partial charge >= 0.3 is 0 Å². The molecule has 0 aromatic carbocycles. The molecule has 0 atom stereocenters. The van der Waals surface area contributed by atoms with Crippen LogP contribution < -0.4 is 0 Å². The Hall–Kier alpha value is -2.04. The lowest BCUT2D eigenvalue weighted by molar-refractivity contribution is -0.145. The van der Waals surface area contributed by atoms with E-state index in [0.717, 1.165) is 70.5 Å². The van der Waals surface area contributed by atoms with Crippen LogP contribution in [-0.2, 0) is 19.2 Å². The molecular weight excluding hydrogens is 656 g/mol. The Morgan fingerprint density at radius 1 is 0.404 bits per heavy atom. The summed E-state index contributed by atoms with van der Waals surface area (Å²) in [6.45, 7) is 8.09. The number of amides is 3. The van der Waals surface area contributed by atoms with Gasteiger partial charge in [-0.05, 0) is 19.3 Å². The van der Waals surface area contributed by atoms with Crippen molar-refractivity contribution in [3.63, 3.8) is 0 Å². The van der Waals surface area contributed by atoms with Crippen LogP contribution >= 0.6 is 0 Å². The van der Waals surface area contributed by atoms with E-state index in [2.05, 4.69) is 20.8 Å². The van der Waals surface area contributed by atoms with Gasteiger partial charge in [0.1, 0.15) is 6.29 Å². The van der Waals surface area contributed by atoms with Crippen molar-refractivity contribution in [1.29, 1.82) is 0 Å². The van der Waals surface area contributed by atoms with E-state index >= 15 is 0 Å². The maximum absolute atomic E-state index is 14.0. The zero-order chi connectivity index (χ0) is 38.5. The van der Waals surface area contributed by atoms with Crippen molar-refractivity contribution < 1.29 is 29.4 Å². The summed E-state index contributed by atoms with van der Waals surface area (Å²) in [7, 11) is 0. The van der Waals surface area contributed by atoms with E-state index in [-0.39, 0.29) is 70.2 Å². The lowest BCUT2D eigenvalue weighted by atomic mass is 10.1. The monoisotopic (exact) mass is 739 g/mol. The van der Waals surface area contributed by atoms with Crippen molar-refractivity contribution in [2.45, 2.75) is 175 Å². The molecule has 2 N–H and O–H groups in total. The van der Waals surface area contributed by atoms with E-state index in [1.165, 1.54) is 89.9 Å². The Balaban J connectivity index is 5.62. The minimum absolute atomic E-state index is 0.00803. The maximum Gasteiger partial charge on any atom is 0.242 e. The Morgan fingerprint density at radius 3 is 1.02 bits per heavy atom. The van der Waals surface area contributed by atoms with Crippen LogP contribution in [-0.4, -0.2) is 126 Å². The van der Waals surface area contributed by atoms with Gasteiger partial charge in [0, 0.05) is 32.7 Å². The van der Waals surface area contributed by atoms with Crippen molar-refractivity contribution in [3.05, 3.63) is 0 Å². The second-order valence-electron chi connectivity index (χ2n) is 14.8. The number of carbonyl (C=O) groups excluding carboxylic acids is 4. The molecule has 0 aliphatic heterocycles. The zero-order valence-electron chi connectivity index (χ0n) is 34.1. The summed E-state index contributed by atoms with van der Waals surface area (Å²) in [5.74, 6) is -0.687. The number of carbonyl (C=O) groups is 4. The van der Waals surface area contributed by atoms with Crippen molar-refractivity contribution in [2.75, 3.05) is 72.1 Å². The predicted molar refractivity (Wildman–Crippen MR) is 214 cm³/mol. The highest BCUT2D eigenvalue weighted by Gasteiger charge is 2.25. The number of rotatable bonds is 39. The fraction of sp³-hybridized carbons (Fsp3) is 0.905. The van der Waals surface area contributed by atoms with Crippen LogP contribution in [0, 0.1) is 0 Å². The molecule has 0 aliphatic rings. The number of aliphatic hydroxyl groups is 2. The summed E-state index contributed by atoms with van der Waals surface area (Å²) in [6, 6.07) is 0. The number of hydrogen-bond donors (Lipinski definition) is 2. The third-order valence-electron chi connectivity index (χ3n) is 10.0. The third-order valence-corrected chi connectivity index (χ3v) is 10.0. The highest BCUT2D eigenvalue weighted by Crippen LogP contribution is 2.13. The van der Waals surface area contributed by atoms with Crippen molar-refractivity contribution in [3.8, 4) is 0 Å². The summed E-state index contributed by atoms with van der Waals surface area (Å²) >= 11 is 0. The number of unbranched alkanes of at least 4 members (excludes halogenated alkanes) is 21. The van der Waals surface area contributed by atoms with Crippen LogP contribution in [0.1, 0.15) is 175 Å². The van der Waals surface area contributed by atoms with Gasteiger partial charge in [-0.3, -0.25) is 19.3 Å². The van der Waals surface area contributed by atoms with E-state index in [9.17, 15) is 29.4 Å². The highest BCUT2D eigenvalue weighted by atomic mass is 16.3. The number of aldehydes is 1. The van der Waals surface area contributed by atoms with Gasteiger partial charge in [0.25, 0.3) is 0 Å². The quantitative estimate of drug-likeness (QED) is 0.0499. The lowest BCUT2D eigenvalue weighted by Crippen LogP contribution is -2.50. The third kappa shape index (κ3) is 28.5. The normalized spacial score (nSPS) is 11.3. The van der Waals surface area contributed by atoms with Gasteiger partial charge < -0.3 is 29.7 Å². The fourth-order valence-electron chi connectivity index (χ4n) is 6.67. The molecule has 0 heterocycles. The Kier molecular flexibility index (Phi) is 35.8. The van der Waals surface area contributed by atoms with E-state index in [0.29, 0.717) is 19.6 Å². The standard InChI is InChI=1S/C42H82N4O6/c1-4-7-10-13-16-19-22-25-28-44(33-36-49)41(51)38-46(30-27-24-21-18-15-12-9-6-3)42(52)39-45(29-26-23-20-17-14-11-8-5-2)40(50)37-43(31-34-47)32-35-48/h36,47-48H,4-35,37-39H2,1-3H3. The van der Waals surface area contributed by atoms with Gasteiger partial charge in [0.05, 0.1) is 39.4 Å². The molecule has 0 bridgehead atoms. The van der Waals surface area contributed by atoms with Crippen LogP contribution in [0.15, 0.2) is 0 Å². The fourth-order valence-corrected chi connectivity index (χ4v) is 6.67. The largest absolute Gasteiger partial charge is 0.395 e. The summed E-state index contributed by atoms with van der Waals surface area (Å²) in [6.07, 6.45) is 27.8. The molecule has 0 aromatic rings. The second-order valence-corrected chi connectivity index (χ2v) is 14.8. The van der Waals surface area contributed by atoms with Crippen molar-refractivity contribution in [1.82, 2.24) is 19.6 Å². The minimum atomic E-state index is -0.252. The number of aliphatic hydroxyl groups excluding tert-OH is 2. The van der Waals surface area contributed by atoms with Gasteiger partial charge in [-0.2, -0.15) is 0 Å². The van der Waals surface area contributed by atoms with Gasteiger partial charge in [0.2, 0.25) is 17.7 Å². The minimum Gasteiger partial charge on any atom is -0.395 e. The summed E-state index contributed by atoms with van der Waals surface area (Å²) in [5.41, 5.74) is 0. The van der Waals surface area contributed by atoms with Crippen LogP contribution in [0.5, 0.6) is 0 Å². The Morgan fingerprint density at radius 2 is 0.692 bits per heavy atom. The topological polar surface area (TPSA) is 122 Å². The van der Waals surface area contributed by atoms with E-state index in [1.807, 2.05) is 0 Å². The van der Waals surface area contributed by atoms with Gasteiger partial charge in [0.15, 0.2) is 0 Å². The average molecular weight is 739 g/mol. The van der Waals surface area contributed by atoms with Crippen LogP contribution in [0.25, 0.3) is 0 Å². The van der Waals surface area contributed by atoms with E-state index in [4.69, 9.17) is 0 Å². The van der Waals surface area contributed by atoms with Crippen LogP contribution in [0.3, 0.4) is 0 Å². The first-order valence-corrected chi connectivity index (χ1v) is 21.6. The summed E-state index contributed by atoms with van der Waals surface area (Å²) < 4.78 is 0. The average Bonchev–Trinajstić information content (AvgIpc) is 3.13. The molecule has 0 aliphatic carbocycles. The smallest absolute Gasteiger partial charge is 0.242 e. The van der Waals surface area contributed by atoms with Crippen molar-refractivity contribution in [2.24, 2.45) is 0 Å². The molecule has 0 spiro atoms. The van der Waals surface area contributed by atoms with E-state index in [1.54, 1.807) is 19.6 Å². The SMILES string of the molecule is CCCCCCCCCCN(CC=O)C(=O)CN(CCCCCCCCCC)C(=O)CN(CCCCCCCCCC)C(=O)CN(CCO)CCO. The molecule has 0 unspecified atom stereocenters.